The van der Waals surface area contributed by atoms with E-state index in [9.17, 15) is 18.0 Å². The van der Waals surface area contributed by atoms with Crippen molar-refractivity contribution in [3.8, 4) is 0 Å². The number of alkyl halides is 3. The number of carbonyl (C=O) groups excluding carboxylic acids is 1. The fraction of sp³-hybridized carbons (Fsp3) is 0.533. The molecule has 1 aromatic rings. The maximum absolute atomic E-state index is 12.8. The molecule has 1 N–H and O–H groups in total. The minimum Gasteiger partial charge on any atom is -0.349 e. The molecule has 0 spiro atoms. The second kappa shape index (κ2) is 6.38. The first-order valence-corrected chi connectivity index (χ1v) is 7.74. The Bertz CT molecular complexity index is 522. The van der Waals surface area contributed by atoms with Gasteiger partial charge in [-0.15, -0.1) is 0 Å². The van der Waals surface area contributed by atoms with E-state index in [1.807, 2.05) is 0 Å². The number of hydrogen-bond acceptors (Lipinski definition) is 1. The van der Waals surface area contributed by atoms with E-state index in [-0.39, 0.29) is 16.1 Å². The van der Waals surface area contributed by atoms with Crippen molar-refractivity contribution in [2.24, 2.45) is 5.92 Å². The number of rotatable bonds is 2. The minimum absolute atomic E-state index is 0.0455. The van der Waals surface area contributed by atoms with Crippen LogP contribution >= 0.6 is 15.9 Å². The predicted molar refractivity (Wildman–Crippen MR) is 78.0 cm³/mol. The van der Waals surface area contributed by atoms with Crippen molar-refractivity contribution >= 4 is 21.8 Å². The van der Waals surface area contributed by atoms with Crippen molar-refractivity contribution < 1.29 is 18.0 Å². The summed E-state index contributed by atoms with van der Waals surface area (Å²) < 4.78 is 38.4. The average Bonchev–Trinajstić information content (AvgIpc) is 2.40. The predicted octanol–water partition coefficient (Wildman–Crippen LogP) is 4.78. The van der Waals surface area contributed by atoms with E-state index in [1.165, 1.54) is 12.1 Å². The normalized spacial score (nSPS) is 22.9. The van der Waals surface area contributed by atoms with Crippen LogP contribution in [0.25, 0.3) is 0 Å². The highest BCUT2D eigenvalue weighted by Gasteiger charge is 2.33. The topological polar surface area (TPSA) is 29.1 Å². The SMILES string of the molecule is CC1CCC(NC(=O)c2ccc(Br)c(C(F)(F)F)c2)CC1. The molecule has 21 heavy (non-hydrogen) atoms. The monoisotopic (exact) mass is 363 g/mol. The molecule has 1 amide bonds. The van der Waals surface area contributed by atoms with Crippen LogP contribution < -0.4 is 5.32 Å². The molecule has 0 saturated heterocycles. The number of nitrogens with one attached hydrogen (secondary N) is 1. The molecule has 0 aliphatic heterocycles. The maximum Gasteiger partial charge on any atom is 0.417 e. The van der Waals surface area contributed by atoms with Gasteiger partial charge in [-0.05, 0) is 49.8 Å². The van der Waals surface area contributed by atoms with E-state index in [1.54, 1.807) is 0 Å². The van der Waals surface area contributed by atoms with Gasteiger partial charge in [0.05, 0.1) is 5.56 Å². The second-order valence-corrected chi connectivity index (χ2v) is 6.48. The van der Waals surface area contributed by atoms with Crippen LogP contribution in [0.3, 0.4) is 0 Å². The molecular weight excluding hydrogens is 347 g/mol. The largest absolute Gasteiger partial charge is 0.417 e. The molecule has 2 nitrogen and oxygen atoms in total. The molecule has 0 bridgehead atoms. The lowest BCUT2D eigenvalue weighted by atomic mass is 9.87. The van der Waals surface area contributed by atoms with Crippen molar-refractivity contribution in [2.75, 3.05) is 0 Å². The quantitative estimate of drug-likeness (QED) is 0.804. The molecule has 1 aliphatic rings. The molecule has 1 aliphatic carbocycles. The maximum atomic E-state index is 12.8. The lowest BCUT2D eigenvalue weighted by Gasteiger charge is -2.27. The molecule has 0 aromatic heterocycles. The lowest BCUT2D eigenvalue weighted by molar-refractivity contribution is -0.138. The van der Waals surface area contributed by atoms with Crippen LogP contribution in [0, 0.1) is 5.92 Å². The Labute approximate surface area is 130 Å². The molecule has 1 saturated carbocycles. The van der Waals surface area contributed by atoms with Crippen molar-refractivity contribution in [3.05, 3.63) is 33.8 Å². The summed E-state index contributed by atoms with van der Waals surface area (Å²) in [6.45, 7) is 2.17. The van der Waals surface area contributed by atoms with Gasteiger partial charge in [0.2, 0.25) is 0 Å². The highest BCUT2D eigenvalue weighted by atomic mass is 79.9. The summed E-state index contributed by atoms with van der Waals surface area (Å²) >= 11 is 2.87. The van der Waals surface area contributed by atoms with Gasteiger partial charge in [-0.2, -0.15) is 13.2 Å². The highest BCUT2D eigenvalue weighted by molar-refractivity contribution is 9.10. The average molecular weight is 364 g/mol. The summed E-state index contributed by atoms with van der Waals surface area (Å²) in [6, 6.07) is 3.62. The number of halogens is 4. The highest BCUT2D eigenvalue weighted by Crippen LogP contribution is 2.35. The fourth-order valence-electron chi connectivity index (χ4n) is 2.56. The van der Waals surface area contributed by atoms with Gasteiger partial charge in [-0.1, -0.05) is 22.9 Å². The summed E-state index contributed by atoms with van der Waals surface area (Å²) in [5, 5.41) is 2.83. The van der Waals surface area contributed by atoms with Gasteiger partial charge in [0.1, 0.15) is 0 Å². The molecule has 1 aromatic carbocycles. The first-order valence-electron chi connectivity index (χ1n) is 6.95. The zero-order valence-electron chi connectivity index (χ0n) is 11.6. The van der Waals surface area contributed by atoms with Gasteiger partial charge in [-0.25, -0.2) is 0 Å². The number of benzene rings is 1. The minimum atomic E-state index is -4.48. The van der Waals surface area contributed by atoms with Crippen LogP contribution in [0.5, 0.6) is 0 Å². The van der Waals surface area contributed by atoms with Crippen molar-refractivity contribution in [2.45, 2.75) is 44.8 Å². The Morgan fingerprint density at radius 3 is 2.43 bits per heavy atom. The third-order valence-corrected chi connectivity index (χ3v) is 4.58. The van der Waals surface area contributed by atoms with Crippen LogP contribution in [-0.2, 0) is 6.18 Å². The first kappa shape index (κ1) is 16.3. The fourth-order valence-corrected chi connectivity index (χ4v) is 3.03. The van der Waals surface area contributed by atoms with Crippen molar-refractivity contribution in [1.29, 1.82) is 0 Å². The van der Waals surface area contributed by atoms with E-state index in [2.05, 4.69) is 28.2 Å². The summed E-state index contributed by atoms with van der Waals surface area (Å²) in [5.74, 6) is 0.218. The molecule has 116 valence electrons. The van der Waals surface area contributed by atoms with Gasteiger partial charge < -0.3 is 5.32 Å². The van der Waals surface area contributed by atoms with E-state index in [0.29, 0.717) is 5.92 Å². The summed E-state index contributed by atoms with van der Waals surface area (Å²) in [7, 11) is 0. The Kier molecular flexibility index (Phi) is 4.96. The van der Waals surface area contributed by atoms with Crippen LogP contribution in [0.4, 0.5) is 13.2 Å². The Morgan fingerprint density at radius 2 is 1.86 bits per heavy atom. The van der Waals surface area contributed by atoms with Gasteiger partial charge in [0, 0.05) is 16.1 Å². The van der Waals surface area contributed by atoms with Gasteiger partial charge >= 0.3 is 6.18 Å². The number of hydrogen-bond donors (Lipinski definition) is 1. The zero-order valence-corrected chi connectivity index (χ0v) is 13.2. The zero-order chi connectivity index (χ0) is 15.6. The first-order chi connectivity index (χ1) is 9.77. The smallest absolute Gasteiger partial charge is 0.349 e. The van der Waals surface area contributed by atoms with E-state index in [4.69, 9.17) is 0 Å². The summed E-state index contributed by atoms with van der Waals surface area (Å²) in [5.41, 5.74) is -0.781. The third kappa shape index (κ3) is 4.22. The third-order valence-electron chi connectivity index (χ3n) is 3.89. The molecule has 1 fully saturated rings. The van der Waals surface area contributed by atoms with Crippen LogP contribution in [0.15, 0.2) is 22.7 Å². The van der Waals surface area contributed by atoms with Crippen LogP contribution in [-0.4, -0.2) is 11.9 Å². The second-order valence-electron chi connectivity index (χ2n) is 5.62. The van der Waals surface area contributed by atoms with Crippen LogP contribution in [0.1, 0.15) is 48.5 Å². The summed E-state index contributed by atoms with van der Waals surface area (Å²) in [6.07, 6.45) is -0.626. The molecule has 0 atom stereocenters. The van der Waals surface area contributed by atoms with E-state index >= 15 is 0 Å². The molecular formula is C15H17BrF3NO. The lowest BCUT2D eigenvalue weighted by Crippen LogP contribution is -2.37. The van der Waals surface area contributed by atoms with Crippen LogP contribution in [0.2, 0.25) is 0 Å². The summed E-state index contributed by atoms with van der Waals surface area (Å²) in [4.78, 5) is 12.1. The molecule has 0 unspecified atom stereocenters. The molecule has 0 heterocycles. The van der Waals surface area contributed by atoms with E-state index in [0.717, 1.165) is 31.7 Å². The molecule has 6 heteroatoms. The van der Waals surface area contributed by atoms with E-state index < -0.39 is 17.6 Å². The van der Waals surface area contributed by atoms with Gasteiger partial charge in [0.25, 0.3) is 5.91 Å². The van der Waals surface area contributed by atoms with Crippen molar-refractivity contribution in [1.82, 2.24) is 5.32 Å². The molecule has 0 radical (unpaired) electrons. The van der Waals surface area contributed by atoms with Gasteiger partial charge in [-0.3, -0.25) is 4.79 Å². The number of amides is 1. The standard InChI is InChI=1S/C15H17BrF3NO/c1-9-2-5-11(6-3-9)20-14(21)10-4-7-13(16)12(8-10)15(17,18)19/h4,7-9,11H,2-3,5-6H2,1H3,(H,20,21). The Balaban J connectivity index is 2.09. The number of carbonyl (C=O) groups is 1. The van der Waals surface area contributed by atoms with Gasteiger partial charge in [0.15, 0.2) is 0 Å². The Morgan fingerprint density at radius 1 is 1.24 bits per heavy atom. The Hall–Kier alpha value is -1.04. The molecule has 2 rings (SSSR count). The van der Waals surface area contributed by atoms with Crippen molar-refractivity contribution in [3.63, 3.8) is 0 Å².